The number of hydrogen-bond donors (Lipinski definition) is 2. The third kappa shape index (κ3) is 2.75. The van der Waals surface area contributed by atoms with Crippen LogP contribution in [0.4, 0.5) is 0 Å². The number of ether oxygens (including phenoxy) is 1. The predicted octanol–water partition coefficient (Wildman–Crippen LogP) is 3.08. The minimum atomic E-state index is -0.0686. The van der Waals surface area contributed by atoms with E-state index in [-0.39, 0.29) is 5.84 Å². The topological polar surface area (TPSA) is 67.8 Å². The molecule has 0 fully saturated rings. The fourth-order valence-electron chi connectivity index (χ4n) is 1.46. The lowest BCUT2D eigenvalue weighted by Gasteiger charge is -2.11. The van der Waals surface area contributed by atoms with Gasteiger partial charge in [0.2, 0.25) is 0 Å². The molecule has 0 aliphatic rings. The number of oxime groups is 1. The molecule has 1 aromatic heterocycles. The number of benzene rings is 1. The quantitative estimate of drug-likeness (QED) is 0.392. The smallest absolute Gasteiger partial charge is 0.175 e. The van der Waals surface area contributed by atoms with Gasteiger partial charge >= 0.3 is 0 Å². The van der Waals surface area contributed by atoms with E-state index in [9.17, 15) is 0 Å². The largest absolute Gasteiger partial charge is 0.488 e. The Morgan fingerprint density at radius 3 is 2.94 bits per heavy atom. The van der Waals surface area contributed by atoms with Gasteiger partial charge in [-0.1, -0.05) is 22.8 Å². The summed E-state index contributed by atoms with van der Waals surface area (Å²) in [4.78, 5) is 0. The summed E-state index contributed by atoms with van der Waals surface area (Å²) in [5.74, 6) is 0.421. The highest BCUT2D eigenvalue weighted by molar-refractivity contribution is 7.07. The van der Waals surface area contributed by atoms with Crippen LogP contribution in [0.2, 0.25) is 5.02 Å². The Bertz CT molecular complexity index is 555. The molecule has 0 radical (unpaired) electrons. The van der Waals surface area contributed by atoms with E-state index in [1.165, 1.54) is 0 Å². The minimum Gasteiger partial charge on any atom is -0.488 e. The van der Waals surface area contributed by atoms with Crippen LogP contribution in [0.1, 0.15) is 11.1 Å². The van der Waals surface area contributed by atoms with Crippen LogP contribution in [0.15, 0.2) is 40.2 Å². The molecule has 6 heteroatoms. The maximum Gasteiger partial charge on any atom is 0.175 e. The molecule has 1 aromatic carbocycles. The SMILES string of the molecule is N/C(=N/O)c1c(Cl)cccc1OCc1ccsc1. The summed E-state index contributed by atoms with van der Waals surface area (Å²) >= 11 is 7.61. The third-order valence-corrected chi connectivity index (χ3v) is 3.36. The van der Waals surface area contributed by atoms with Crippen molar-refractivity contribution in [1.82, 2.24) is 0 Å². The minimum absolute atomic E-state index is 0.0686. The maximum atomic E-state index is 8.74. The monoisotopic (exact) mass is 282 g/mol. The van der Waals surface area contributed by atoms with Gasteiger partial charge in [-0.3, -0.25) is 0 Å². The standard InChI is InChI=1S/C12H11ClN2O2S/c13-9-2-1-3-10(11(9)12(14)15-16)17-6-8-4-5-18-7-8/h1-5,7,16H,6H2,(H2,14,15). The number of hydrogen-bond acceptors (Lipinski definition) is 4. The molecule has 0 saturated heterocycles. The summed E-state index contributed by atoms with van der Waals surface area (Å²) in [6.07, 6.45) is 0. The molecule has 0 aliphatic carbocycles. The van der Waals surface area contributed by atoms with Gasteiger partial charge in [-0.15, -0.1) is 0 Å². The Balaban J connectivity index is 2.24. The molecule has 0 aliphatic heterocycles. The van der Waals surface area contributed by atoms with Crippen molar-refractivity contribution in [3.05, 3.63) is 51.2 Å². The van der Waals surface area contributed by atoms with Gasteiger partial charge in [0, 0.05) is 0 Å². The zero-order valence-electron chi connectivity index (χ0n) is 9.34. The lowest BCUT2D eigenvalue weighted by Crippen LogP contribution is -2.15. The average molecular weight is 283 g/mol. The molecule has 4 nitrogen and oxygen atoms in total. The zero-order valence-corrected chi connectivity index (χ0v) is 10.9. The van der Waals surface area contributed by atoms with E-state index in [1.54, 1.807) is 29.5 Å². The first-order valence-corrected chi connectivity index (χ1v) is 6.44. The van der Waals surface area contributed by atoms with Gasteiger partial charge in [0.15, 0.2) is 5.84 Å². The van der Waals surface area contributed by atoms with Crippen LogP contribution in [0.3, 0.4) is 0 Å². The molecule has 3 N–H and O–H groups in total. The van der Waals surface area contributed by atoms with E-state index in [4.69, 9.17) is 27.3 Å². The molecule has 0 amide bonds. The number of thiophene rings is 1. The molecular weight excluding hydrogens is 272 g/mol. The summed E-state index contributed by atoms with van der Waals surface area (Å²) in [5, 5.41) is 16.0. The zero-order chi connectivity index (χ0) is 13.0. The Labute approximate surface area is 113 Å². The summed E-state index contributed by atoms with van der Waals surface area (Å²) < 4.78 is 5.64. The first kappa shape index (κ1) is 12.7. The van der Waals surface area contributed by atoms with Crippen LogP contribution >= 0.6 is 22.9 Å². The highest BCUT2D eigenvalue weighted by Crippen LogP contribution is 2.27. The highest BCUT2D eigenvalue weighted by atomic mass is 35.5. The van der Waals surface area contributed by atoms with Crippen LogP contribution in [-0.4, -0.2) is 11.0 Å². The van der Waals surface area contributed by atoms with E-state index in [2.05, 4.69) is 5.16 Å². The van der Waals surface area contributed by atoms with Gasteiger partial charge in [0.1, 0.15) is 12.4 Å². The molecule has 0 atom stereocenters. The van der Waals surface area contributed by atoms with Crippen molar-refractivity contribution in [1.29, 1.82) is 0 Å². The van der Waals surface area contributed by atoms with E-state index in [0.717, 1.165) is 5.56 Å². The first-order valence-electron chi connectivity index (χ1n) is 5.12. The molecular formula is C12H11ClN2O2S. The Kier molecular flexibility index (Phi) is 4.07. The predicted molar refractivity (Wildman–Crippen MR) is 72.6 cm³/mol. The number of halogens is 1. The molecule has 0 bridgehead atoms. The van der Waals surface area contributed by atoms with Crippen molar-refractivity contribution in [3.63, 3.8) is 0 Å². The molecule has 2 aromatic rings. The summed E-state index contributed by atoms with van der Waals surface area (Å²) in [7, 11) is 0. The van der Waals surface area contributed by atoms with E-state index in [1.807, 2.05) is 16.8 Å². The van der Waals surface area contributed by atoms with Crippen LogP contribution in [-0.2, 0) is 6.61 Å². The van der Waals surface area contributed by atoms with Gasteiger partial charge < -0.3 is 15.7 Å². The van der Waals surface area contributed by atoms with Crippen molar-refractivity contribution in [2.24, 2.45) is 10.9 Å². The molecule has 0 unspecified atom stereocenters. The van der Waals surface area contributed by atoms with Crippen LogP contribution in [0.5, 0.6) is 5.75 Å². The molecule has 18 heavy (non-hydrogen) atoms. The van der Waals surface area contributed by atoms with Gasteiger partial charge in [-0.2, -0.15) is 11.3 Å². The van der Waals surface area contributed by atoms with E-state index >= 15 is 0 Å². The number of rotatable bonds is 4. The second kappa shape index (κ2) is 5.75. The third-order valence-electron chi connectivity index (χ3n) is 2.31. The molecule has 2 rings (SSSR count). The fraction of sp³-hybridized carbons (Fsp3) is 0.0833. The van der Waals surface area contributed by atoms with Crippen LogP contribution in [0, 0.1) is 0 Å². The van der Waals surface area contributed by atoms with Crippen molar-refractivity contribution in [3.8, 4) is 5.75 Å². The van der Waals surface area contributed by atoms with E-state index < -0.39 is 0 Å². The molecule has 94 valence electrons. The first-order chi connectivity index (χ1) is 8.72. The molecule has 1 heterocycles. The fourth-order valence-corrected chi connectivity index (χ4v) is 2.38. The van der Waals surface area contributed by atoms with Crippen molar-refractivity contribution < 1.29 is 9.94 Å². The second-order valence-electron chi connectivity index (χ2n) is 3.52. The average Bonchev–Trinajstić information content (AvgIpc) is 2.88. The summed E-state index contributed by atoms with van der Waals surface area (Å²) in [6.45, 7) is 0.412. The number of nitrogens with zero attached hydrogens (tertiary/aromatic N) is 1. The normalized spacial score (nSPS) is 11.5. The summed E-state index contributed by atoms with van der Waals surface area (Å²) in [5.41, 5.74) is 7.04. The van der Waals surface area contributed by atoms with Crippen molar-refractivity contribution in [2.45, 2.75) is 6.61 Å². The van der Waals surface area contributed by atoms with Crippen molar-refractivity contribution in [2.75, 3.05) is 0 Å². The number of amidine groups is 1. The van der Waals surface area contributed by atoms with Crippen LogP contribution in [0.25, 0.3) is 0 Å². The Morgan fingerprint density at radius 2 is 2.28 bits per heavy atom. The number of nitrogens with two attached hydrogens (primary N) is 1. The molecule has 0 spiro atoms. The lowest BCUT2D eigenvalue weighted by atomic mass is 10.2. The van der Waals surface area contributed by atoms with Gasteiger partial charge in [-0.25, -0.2) is 0 Å². The second-order valence-corrected chi connectivity index (χ2v) is 4.71. The van der Waals surface area contributed by atoms with Crippen LogP contribution < -0.4 is 10.5 Å². The van der Waals surface area contributed by atoms with E-state index in [0.29, 0.717) is 22.9 Å². The highest BCUT2D eigenvalue weighted by Gasteiger charge is 2.12. The lowest BCUT2D eigenvalue weighted by molar-refractivity contribution is 0.303. The van der Waals surface area contributed by atoms with Gasteiger partial charge in [0.25, 0.3) is 0 Å². The van der Waals surface area contributed by atoms with Gasteiger partial charge in [-0.05, 0) is 34.5 Å². The Morgan fingerprint density at radius 1 is 1.44 bits per heavy atom. The molecule has 0 saturated carbocycles. The van der Waals surface area contributed by atoms with Gasteiger partial charge in [0.05, 0.1) is 10.6 Å². The summed E-state index contributed by atoms with van der Waals surface area (Å²) in [6, 6.07) is 7.11. The Hall–Kier alpha value is -1.72. The van der Waals surface area contributed by atoms with Crippen molar-refractivity contribution >= 4 is 28.8 Å². The maximum absolute atomic E-state index is 8.74.